The molecule has 0 aromatic heterocycles. The van der Waals surface area contributed by atoms with Crippen molar-refractivity contribution in [1.82, 2.24) is 0 Å². The summed E-state index contributed by atoms with van der Waals surface area (Å²) in [4.78, 5) is 10.9. The Morgan fingerprint density at radius 3 is 1.75 bits per heavy atom. The van der Waals surface area contributed by atoms with Gasteiger partial charge in [0.1, 0.15) is 5.78 Å². The lowest BCUT2D eigenvalue weighted by atomic mass is 9.82. The number of carbonyl (C=O) groups is 1. The zero-order valence-corrected chi connectivity index (χ0v) is 12.4. The van der Waals surface area contributed by atoms with Crippen molar-refractivity contribution in [2.75, 3.05) is 0 Å². The van der Waals surface area contributed by atoms with E-state index in [0.29, 0.717) is 5.78 Å². The van der Waals surface area contributed by atoms with Crippen LogP contribution in [0.3, 0.4) is 0 Å². The highest BCUT2D eigenvalue weighted by Gasteiger charge is 2.18. The minimum absolute atomic E-state index is 0.223. The second-order valence-electron chi connectivity index (χ2n) is 5.50. The van der Waals surface area contributed by atoms with Crippen LogP contribution < -0.4 is 0 Å². The van der Waals surface area contributed by atoms with Gasteiger partial charge in [0, 0.05) is 6.42 Å². The van der Waals surface area contributed by atoms with Crippen molar-refractivity contribution < 1.29 is 4.79 Å². The molecule has 0 aliphatic carbocycles. The van der Waals surface area contributed by atoms with Gasteiger partial charge in [0.05, 0.1) is 0 Å². The predicted octanol–water partition coefficient (Wildman–Crippen LogP) is 5.38. The molecule has 0 aromatic rings. The summed E-state index contributed by atoms with van der Waals surface area (Å²) in [6.07, 6.45) is 8.37. The highest BCUT2D eigenvalue weighted by atomic mass is 16.1. The van der Waals surface area contributed by atoms with Crippen LogP contribution in [0.4, 0.5) is 0 Å². The van der Waals surface area contributed by atoms with Crippen LogP contribution in [0.25, 0.3) is 0 Å². The van der Waals surface area contributed by atoms with Gasteiger partial charge < -0.3 is 4.79 Å². The molecule has 0 spiro atoms. The van der Waals surface area contributed by atoms with Crippen molar-refractivity contribution in [3.8, 4) is 0 Å². The third-order valence-electron chi connectivity index (χ3n) is 2.68. The summed E-state index contributed by atoms with van der Waals surface area (Å²) in [5.74, 6) is 0.316. The van der Waals surface area contributed by atoms with Gasteiger partial charge in [-0.2, -0.15) is 0 Å². The van der Waals surface area contributed by atoms with Gasteiger partial charge in [-0.05, 0) is 18.8 Å². The first-order chi connectivity index (χ1) is 7.39. The summed E-state index contributed by atoms with van der Waals surface area (Å²) in [5.41, 5.74) is 0.223. The first-order valence-corrected chi connectivity index (χ1v) is 6.89. The lowest BCUT2D eigenvalue weighted by molar-refractivity contribution is -0.118. The van der Waals surface area contributed by atoms with Crippen molar-refractivity contribution in [3.63, 3.8) is 0 Å². The molecular weight excluding hydrogens is 196 g/mol. The average Bonchev–Trinajstić information content (AvgIpc) is 2.16. The molecule has 0 unspecified atom stereocenters. The molecule has 0 rings (SSSR count). The maximum absolute atomic E-state index is 10.9. The normalized spacial score (nSPS) is 10.6. The molecule has 0 N–H and O–H groups in total. The summed E-state index contributed by atoms with van der Waals surface area (Å²) >= 11 is 0. The Bertz CT molecular complexity index is 157. The van der Waals surface area contributed by atoms with Crippen molar-refractivity contribution in [2.45, 2.75) is 86.5 Å². The number of carbonyl (C=O) groups excluding carboxylic acids is 1. The van der Waals surface area contributed by atoms with Gasteiger partial charge in [0.2, 0.25) is 0 Å². The zero-order valence-electron chi connectivity index (χ0n) is 12.4. The lowest BCUT2D eigenvalue weighted by Gasteiger charge is -2.22. The average molecular weight is 228 g/mol. The molecule has 0 fully saturated rings. The molecule has 98 valence electrons. The maximum atomic E-state index is 10.9. The second kappa shape index (κ2) is 11.2. The van der Waals surface area contributed by atoms with E-state index in [0.717, 1.165) is 6.42 Å². The lowest BCUT2D eigenvalue weighted by Crippen LogP contribution is -2.15. The van der Waals surface area contributed by atoms with Crippen LogP contribution in [0.15, 0.2) is 0 Å². The van der Waals surface area contributed by atoms with E-state index in [1.165, 1.54) is 38.5 Å². The molecule has 0 saturated carbocycles. The van der Waals surface area contributed by atoms with Crippen LogP contribution in [0.1, 0.15) is 86.5 Å². The molecule has 0 aromatic carbocycles. The first kappa shape index (κ1) is 18.0. The summed E-state index contributed by atoms with van der Waals surface area (Å²) in [5, 5.41) is 0. The van der Waals surface area contributed by atoms with Gasteiger partial charge in [0.15, 0.2) is 0 Å². The highest BCUT2D eigenvalue weighted by molar-refractivity contribution is 5.76. The molecular formula is C15H32O. The molecule has 0 radical (unpaired) electrons. The number of Topliss-reactive ketones (excluding diaryl/α,β-unsaturated/α-hetero) is 1. The molecule has 0 saturated heterocycles. The van der Waals surface area contributed by atoms with Crippen molar-refractivity contribution in [2.24, 2.45) is 5.41 Å². The Morgan fingerprint density at radius 1 is 0.938 bits per heavy atom. The Balaban J connectivity index is 0. The molecule has 1 nitrogen and oxygen atoms in total. The molecule has 0 amide bonds. The van der Waals surface area contributed by atoms with E-state index in [2.05, 4.69) is 34.6 Å². The van der Waals surface area contributed by atoms with E-state index < -0.39 is 0 Å². The smallest absolute Gasteiger partial charge is 0.130 e. The maximum Gasteiger partial charge on any atom is 0.130 e. The summed E-state index contributed by atoms with van der Waals surface area (Å²) < 4.78 is 0. The number of ketones is 1. The highest BCUT2D eigenvalue weighted by Crippen LogP contribution is 2.27. The fourth-order valence-electron chi connectivity index (χ4n) is 1.62. The van der Waals surface area contributed by atoms with E-state index in [9.17, 15) is 4.79 Å². The summed E-state index contributed by atoms with van der Waals surface area (Å²) in [6.45, 7) is 12.6. The van der Waals surface area contributed by atoms with Crippen LogP contribution in [0.5, 0.6) is 0 Å². The fourth-order valence-corrected chi connectivity index (χ4v) is 1.62. The third-order valence-corrected chi connectivity index (χ3v) is 2.68. The number of hydrogen-bond donors (Lipinski definition) is 0. The molecule has 16 heavy (non-hydrogen) atoms. The van der Waals surface area contributed by atoms with Crippen molar-refractivity contribution in [3.05, 3.63) is 0 Å². The SMILES string of the molecule is CCCC.CCCCCC(C)(C)CC(C)=O. The van der Waals surface area contributed by atoms with Crippen LogP contribution in [-0.2, 0) is 4.79 Å². The Morgan fingerprint density at radius 2 is 1.44 bits per heavy atom. The quantitative estimate of drug-likeness (QED) is 0.535. The Hall–Kier alpha value is -0.330. The first-order valence-electron chi connectivity index (χ1n) is 6.89. The van der Waals surface area contributed by atoms with Gasteiger partial charge in [-0.15, -0.1) is 0 Å². The third kappa shape index (κ3) is 16.1. The topological polar surface area (TPSA) is 17.1 Å². The molecule has 0 heterocycles. The summed E-state index contributed by atoms with van der Waals surface area (Å²) in [7, 11) is 0. The van der Waals surface area contributed by atoms with Crippen molar-refractivity contribution >= 4 is 5.78 Å². The van der Waals surface area contributed by atoms with Gasteiger partial charge in [-0.1, -0.05) is 66.7 Å². The predicted molar refractivity (Wildman–Crippen MR) is 73.8 cm³/mol. The van der Waals surface area contributed by atoms with E-state index in [4.69, 9.17) is 0 Å². The Kier molecular flexibility index (Phi) is 12.6. The number of rotatable bonds is 7. The Labute approximate surface area is 103 Å². The van der Waals surface area contributed by atoms with Crippen LogP contribution in [0.2, 0.25) is 0 Å². The van der Waals surface area contributed by atoms with Gasteiger partial charge in [-0.3, -0.25) is 0 Å². The minimum atomic E-state index is 0.223. The molecule has 1 heteroatoms. The minimum Gasteiger partial charge on any atom is -0.300 e. The standard InChI is InChI=1S/C11H22O.C4H10/c1-5-6-7-8-11(3,4)9-10(2)12;1-3-4-2/h5-9H2,1-4H3;3-4H2,1-2H3. The molecule has 0 atom stereocenters. The molecule has 0 bridgehead atoms. The zero-order chi connectivity index (χ0) is 13.0. The van der Waals surface area contributed by atoms with Gasteiger partial charge >= 0.3 is 0 Å². The van der Waals surface area contributed by atoms with Crippen LogP contribution in [-0.4, -0.2) is 5.78 Å². The number of unbranched alkanes of at least 4 members (excludes halogenated alkanes) is 3. The van der Waals surface area contributed by atoms with E-state index in [-0.39, 0.29) is 5.41 Å². The van der Waals surface area contributed by atoms with Crippen LogP contribution >= 0.6 is 0 Å². The molecule has 0 aliphatic heterocycles. The van der Waals surface area contributed by atoms with Gasteiger partial charge in [-0.25, -0.2) is 0 Å². The van der Waals surface area contributed by atoms with E-state index in [1.807, 2.05) is 0 Å². The van der Waals surface area contributed by atoms with E-state index >= 15 is 0 Å². The molecule has 0 aliphatic rings. The largest absolute Gasteiger partial charge is 0.300 e. The number of hydrogen-bond acceptors (Lipinski definition) is 1. The fraction of sp³-hybridized carbons (Fsp3) is 0.933. The second-order valence-corrected chi connectivity index (χ2v) is 5.50. The summed E-state index contributed by atoms with van der Waals surface area (Å²) in [6, 6.07) is 0. The van der Waals surface area contributed by atoms with Gasteiger partial charge in [0.25, 0.3) is 0 Å². The van der Waals surface area contributed by atoms with E-state index in [1.54, 1.807) is 6.92 Å². The van der Waals surface area contributed by atoms with Crippen molar-refractivity contribution in [1.29, 1.82) is 0 Å². The van der Waals surface area contributed by atoms with Crippen LogP contribution in [0, 0.1) is 5.41 Å². The monoisotopic (exact) mass is 228 g/mol.